The van der Waals surface area contributed by atoms with Gasteiger partial charge in [-0.25, -0.2) is 15.5 Å². The molecule has 8 heteroatoms. The van der Waals surface area contributed by atoms with Crippen molar-refractivity contribution in [2.24, 2.45) is 16.7 Å². The molecule has 1 amide bonds. The highest BCUT2D eigenvalue weighted by Crippen LogP contribution is 2.25. The van der Waals surface area contributed by atoms with Crippen molar-refractivity contribution in [3.8, 4) is 0 Å². The molecule has 1 aromatic carbocycles. The van der Waals surface area contributed by atoms with Gasteiger partial charge in [-0.05, 0) is 43.5 Å². The lowest BCUT2D eigenvalue weighted by molar-refractivity contribution is 0.102. The molecule has 0 saturated heterocycles. The molecule has 1 saturated carbocycles. The van der Waals surface area contributed by atoms with Crippen molar-refractivity contribution in [2.75, 3.05) is 5.32 Å². The summed E-state index contributed by atoms with van der Waals surface area (Å²) in [6.45, 7) is 1.92. The van der Waals surface area contributed by atoms with Crippen molar-refractivity contribution in [3.05, 3.63) is 65.5 Å². The van der Waals surface area contributed by atoms with Gasteiger partial charge in [0.15, 0.2) is 5.84 Å². The van der Waals surface area contributed by atoms with E-state index >= 15 is 0 Å². The van der Waals surface area contributed by atoms with Gasteiger partial charge in [0, 0.05) is 17.4 Å². The summed E-state index contributed by atoms with van der Waals surface area (Å²) in [5.74, 6) is 5.95. The fourth-order valence-corrected chi connectivity index (χ4v) is 2.82. The first-order valence-electron chi connectivity index (χ1n) is 8.75. The maximum Gasteiger partial charge on any atom is 0.259 e. The highest BCUT2D eigenvalue weighted by atomic mass is 16.1. The molecule has 0 atom stereocenters. The van der Waals surface area contributed by atoms with Crippen molar-refractivity contribution in [3.63, 3.8) is 0 Å². The van der Waals surface area contributed by atoms with E-state index in [0.717, 1.165) is 23.9 Å². The van der Waals surface area contributed by atoms with Gasteiger partial charge in [0.25, 0.3) is 5.91 Å². The van der Waals surface area contributed by atoms with Gasteiger partial charge < -0.3 is 11.1 Å². The molecule has 3 aromatic rings. The molecule has 0 bridgehead atoms. The number of nitrogens with one attached hydrogen (secondary N) is 1. The zero-order chi connectivity index (χ0) is 19.0. The maximum atomic E-state index is 12.7. The van der Waals surface area contributed by atoms with Crippen LogP contribution < -0.4 is 16.9 Å². The Bertz CT molecular complexity index is 1040. The first-order valence-corrected chi connectivity index (χ1v) is 8.75. The summed E-state index contributed by atoms with van der Waals surface area (Å²) in [5.41, 5.74) is 9.62. The molecule has 1 fully saturated rings. The molecule has 0 aliphatic heterocycles. The summed E-state index contributed by atoms with van der Waals surface area (Å²) in [7, 11) is 0. The molecular formula is C19H21N7O. The Morgan fingerprint density at radius 3 is 2.93 bits per heavy atom. The molecule has 4 rings (SSSR count). The molecule has 2 aromatic heterocycles. The third-order valence-corrected chi connectivity index (χ3v) is 4.60. The molecule has 2 heterocycles. The number of hydrazine groups is 1. The van der Waals surface area contributed by atoms with Gasteiger partial charge in [0.1, 0.15) is 0 Å². The van der Waals surface area contributed by atoms with Gasteiger partial charge in [-0.3, -0.25) is 4.79 Å². The van der Waals surface area contributed by atoms with Gasteiger partial charge in [-0.2, -0.15) is 5.10 Å². The number of nitrogens with zero attached hydrogens (tertiary/aromatic N) is 4. The number of hydrogen-bond acceptors (Lipinski definition) is 5. The summed E-state index contributed by atoms with van der Waals surface area (Å²) in [6.07, 6.45) is 5.42. The SMILES string of the molecule is Cc1ccc(/C(N)=N/N(N)C2CC2)cc1NC(=O)c1cnn2ccccc12. The summed E-state index contributed by atoms with van der Waals surface area (Å²) < 4.78 is 1.66. The molecule has 5 N–H and O–H groups in total. The highest BCUT2D eigenvalue weighted by Gasteiger charge is 2.26. The van der Waals surface area contributed by atoms with Gasteiger partial charge in [-0.1, -0.05) is 18.2 Å². The number of fused-ring (bicyclic) bond motifs is 1. The van der Waals surface area contributed by atoms with E-state index in [9.17, 15) is 4.79 Å². The van der Waals surface area contributed by atoms with Crippen molar-refractivity contribution >= 4 is 22.9 Å². The predicted molar refractivity (Wildman–Crippen MR) is 104 cm³/mol. The second kappa shape index (κ2) is 6.73. The largest absolute Gasteiger partial charge is 0.382 e. The van der Waals surface area contributed by atoms with E-state index < -0.39 is 0 Å². The van der Waals surface area contributed by atoms with E-state index in [0.29, 0.717) is 22.6 Å². The molecular weight excluding hydrogens is 342 g/mol. The molecule has 1 aliphatic carbocycles. The molecule has 1 aliphatic rings. The number of carbonyl (C=O) groups is 1. The predicted octanol–water partition coefficient (Wildman–Crippen LogP) is 1.85. The van der Waals surface area contributed by atoms with Crippen LogP contribution in [-0.2, 0) is 0 Å². The van der Waals surface area contributed by atoms with Crippen LogP contribution in [0.15, 0.2) is 53.9 Å². The number of rotatable bonds is 5. The minimum absolute atomic E-state index is 0.231. The van der Waals surface area contributed by atoms with E-state index in [1.807, 2.05) is 37.3 Å². The summed E-state index contributed by atoms with van der Waals surface area (Å²) >= 11 is 0. The monoisotopic (exact) mass is 363 g/mol. The standard InChI is InChI=1S/C19H21N7O/c1-12-5-6-13(18(20)24-26(21)14-7-8-14)10-16(12)23-19(27)15-11-22-25-9-3-2-4-17(15)25/h2-6,9-11,14H,7-8,21H2,1H3,(H2,20,24)(H,23,27). The van der Waals surface area contributed by atoms with Crippen LogP contribution in [0.25, 0.3) is 5.52 Å². The Labute approximate surface area is 156 Å². The van der Waals surface area contributed by atoms with Crippen molar-refractivity contribution in [1.29, 1.82) is 0 Å². The first-order chi connectivity index (χ1) is 13.0. The van der Waals surface area contributed by atoms with Gasteiger partial charge in [0.05, 0.1) is 23.3 Å². The zero-order valence-electron chi connectivity index (χ0n) is 15.0. The lowest BCUT2D eigenvalue weighted by Crippen LogP contribution is -2.31. The number of hydrogen-bond donors (Lipinski definition) is 3. The fraction of sp³-hybridized carbons (Fsp3) is 0.211. The van der Waals surface area contributed by atoms with Crippen molar-refractivity contribution in [1.82, 2.24) is 14.7 Å². The van der Waals surface area contributed by atoms with E-state index in [1.165, 1.54) is 5.12 Å². The van der Waals surface area contributed by atoms with Crippen LogP contribution in [0.5, 0.6) is 0 Å². The van der Waals surface area contributed by atoms with E-state index in [4.69, 9.17) is 11.6 Å². The molecule has 27 heavy (non-hydrogen) atoms. The number of carbonyl (C=O) groups excluding carboxylic acids is 1. The van der Waals surface area contributed by atoms with Gasteiger partial charge in [0.2, 0.25) is 0 Å². The average molecular weight is 363 g/mol. The number of amidine groups is 1. The third kappa shape index (κ3) is 3.47. The topological polar surface area (TPSA) is 114 Å². The van der Waals surface area contributed by atoms with Crippen LogP contribution in [0.3, 0.4) is 0 Å². The Hall–Kier alpha value is -3.39. The number of anilines is 1. The number of aryl methyl sites for hydroxylation is 1. The number of hydrazone groups is 1. The Morgan fingerprint density at radius 1 is 1.33 bits per heavy atom. The fourth-order valence-electron chi connectivity index (χ4n) is 2.82. The number of pyridine rings is 1. The minimum Gasteiger partial charge on any atom is -0.382 e. The summed E-state index contributed by atoms with van der Waals surface area (Å²) in [4.78, 5) is 12.7. The van der Waals surface area contributed by atoms with E-state index in [1.54, 1.807) is 23.0 Å². The Kier molecular flexibility index (Phi) is 4.25. The number of benzene rings is 1. The number of nitrogens with two attached hydrogens (primary N) is 2. The Balaban J connectivity index is 1.59. The summed E-state index contributed by atoms with van der Waals surface area (Å²) in [5, 5.41) is 12.8. The van der Waals surface area contributed by atoms with Crippen molar-refractivity contribution < 1.29 is 4.79 Å². The maximum absolute atomic E-state index is 12.7. The second-order valence-electron chi connectivity index (χ2n) is 6.67. The first kappa shape index (κ1) is 17.0. The van der Waals surface area contributed by atoms with Gasteiger partial charge >= 0.3 is 0 Å². The summed E-state index contributed by atoms with van der Waals surface area (Å²) in [6, 6.07) is 11.4. The minimum atomic E-state index is -0.231. The average Bonchev–Trinajstić information content (AvgIpc) is 3.42. The molecule has 0 radical (unpaired) electrons. The van der Waals surface area contributed by atoms with E-state index in [-0.39, 0.29) is 11.9 Å². The van der Waals surface area contributed by atoms with Crippen molar-refractivity contribution in [2.45, 2.75) is 25.8 Å². The van der Waals surface area contributed by atoms with Crippen LogP contribution in [0.1, 0.15) is 34.3 Å². The van der Waals surface area contributed by atoms with Crippen LogP contribution in [-0.4, -0.2) is 32.5 Å². The molecule has 138 valence electrons. The van der Waals surface area contributed by atoms with Crippen LogP contribution in [0, 0.1) is 6.92 Å². The number of aromatic nitrogens is 2. The second-order valence-corrected chi connectivity index (χ2v) is 6.67. The van der Waals surface area contributed by atoms with E-state index in [2.05, 4.69) is 15.5 Å². The quantitative estimate of drug-likeness (QED) is 0.277. The Morgan fingerprint density at radius 2 is 2.15 bits per heavy atom. The smallest absolute Gasteiger partial charge is 0.259 e. The molecule has 8 nitrogen and oxygen atoms in total. The van der Waals surface area contributed by atoms with Gasteiger partial charge in [-0.15, -0.1) is 5.10 Å². The van der Waals surface area contributed by atoms with Crippen LogP contribution in [0.2, 0.25) is 0 Å². The zero-order valence-corrected chi connectivity index (χ0v) is 15.0. The van der Waals surface area contributed by atoms with Crippen LogP contribution in [0.4, 0.5) is 5.69 Å². The lowest BCUT2D eigenvalue weighted by Gasteiger charge is -2.14. The third-order valence-electron chi connectivity index (χ3n) is 4.60. The normalized spacial score (nSPS) is 14.4. The molecule has 0 spiro atoms. The van der Waals surface area contributed by atoms with Crippen LogP contribution >= 0.6 is 0 Å². The lowest BCUT2D eigenvalue weighted by atomic mass is 10.1. The number of amides is 1. The highest BCUT2D eigenvalue weighted by molar-refractivity contribution is 6.09. The molecule has 0 unspecified atom stereocenters.